The van der Waals surface area contributed by atoms with Gasteiger partial charge in [0.25, 0.3) is 5.91 Å². The van der Waals surface area contributed by atoms with Crippen molar-refractivity contribution in [1.82, 2.24) is 14.6 Å². The number of nitrogens with one attached hydrogen (secondary N) is 2. The molecular formula is C14H21N3O5S2. The zero-order chi connectivity index (χ0) is 17.8. The Morgan fingerprint density at radius 1 is 1.17 bits per heavy atom. The van der Waals surface area contributed by atoms with Crippen LogP contribution in [-0.4, -0.2) is 45.4 Å². The molecule has 1 unspecified atom stereocenters. The quantitative estimate of drug-likeness (QED) is 0.690. The van der Waals surface area contributed by atoms with Gasteiger partial charge in [-0.15, -0.1) is 4.83 Å². The Morgan fingerprint density at radius 2 is 1.83 bits per heavy atom. The van der Waals surface area contributed by atoms with Gasteiger partial charge in [0, 0.05) is 6.54 Å². The molecule has 1 amide bonds. The third kappa shape index (κ3) is 4.32. The minimum Gasteiger partial charge on any atom is -0.277 e. The first kappa shape index (κ1) is 18.8. The summed E-state index contributed by atoms with van der Waals surface area (Å²) in [4.78, 5) is 14.4. The van der Waals surface area contributed by atoms with E-state index < -0.39 is 32.0 Å². The molecular weight excluding hydrogens is 354 g/mol. The number of amides is 1. The SMILES string of the molecule is CCS(=O)(=O)NNC(=O)C1CCCCN1S(=O)(=O)c1ccccc1. The summed E-state index contributed by atoms with van der Waals surface area (Å²) in [7, 11) is -7.43. The average molecular weight is 375 g/mol. The number of hydrazine groups is 1. The Kier molecular flexibility index (Phi) is 5.97. The molecule has 0 radical (unpaired) electrons. The summed E-state index contributed by atoms with van der Waals surface area (Å²) in [6, 6.07) is 6.93. The van der Waals surface area contributed by atoms with Crippen molar-refractivity contribution >= 4 is 26.0 Å². The van der Waals surface area contributed by atoms with Gasteiger partial charge >= 0.3 is 0 Å². The van der Waals surface area contributed by atoms with Crippen LogP contribution in [0.25, 0.3) is 0 Å². The molecule has 1 aromatic rings. The summed E-state index contributed by atoms with van der Waals surface area (Å²) < 4.78 is 49.5. The summed E-state index contributed by atoms with van der Waals surface area (Å²) in [5.41, 5.74) is 2.11. The van der Waals surface area contributed by atoms with E-state index in [2.05, 4.69) is 5.43 Å². The number of carbonyl (C=O) groups is 1. The molecule has 134 valence electrons. The Balaban J connectivity index is 2.20. The van der Waals surface area contributed by atoms with Crippen LogP contribution in [0.3, 0.4) is 0 Å². The molecule has 0 aliphatic carbocycles. The van der Waals surface area contributed by atoms with E-state index in [1.54, 1.807) is 18.2 Å². The zero-order valence-corrected chi connectivity index (χ0v) is 14.9. The van der Waals surface area contributed by atoms with Crippen LogP contribution in [-0.2, 0) is 24.8 Å². The highest BCUT2D eigenvalue weighted by molar-refractivity contribution is 7.89. The minimum absolute atomic E-state index is 0.110. The predicted molar refractivity (Wildman–Crippen MR) is 88.7 cm³/mol. The van der Waals surface area contributed by atoms with Crippen molar-refractivity contribution in [2.45, 2.75) is 37.1 Å². The van der Waals surface area contributed by atoms with E-state index in [4.69, 9.17) is 0 Å². The molecule has 2 rings (SSSR count). The normalized spacial score (nSPS) is 19.8. The second kappa shape index (κ2) is 7.60. The van der Waals surface area contributed by atoms with Crippen molar-refractivity contribution in [3.8, 4) is 0 Å². The number of piperidine rings is 1. The van der Waals surface area contributed by atoms with Gasteiger partial charge in [-0.2, -0.15) is 4.31 Å². The van der Waals surface area contributed by atoms with Crippen LogP contribution in [0.4, 0.5) is 0 Å². The van der Waals surface area contributed by atoms with Gasteiger partial charge in [-0.3, -0.25) is 10.2 Å². The maximum absolute atomic E-state index is 12.8. The number of nitrogens with zero attached hydrogens (tertiary/aromatic N) is 1. The van der Waals surface area contributed by atoms with Gasteiger partial charge in [-0.25, -0.2) is 16.8 Å². The molecule has 1 aromatic carbocycles. The van der Waals surface area contributed by atoms with Crippen LogP contribution in [0.1, 0.15) is 26.2 Å². The molecule has 0 bridgehead atoms. The van der Waals surface area contributed by atoms with E-state index in [-0.39, 0.29) is 17.2 Å². The maximum Gasteiger partial charge on any atom is 0.253 e. The summed E-state index contributed by atoms with van der Waals surface area (Å²) in [5, 5.41) is 0. The monoisotopic (exact) mass is 375 g/mol. The first-order valence-corrected chi connectivity index (χ1v) is 10.7. The Hall–Kier alpha value is -1.49. The lowest BCUT2D eigenvalue weighted by atomic mass is 10.0. The van der Waals surface area contributed by atoms with Crippen LogP contribution in [0.5, 0.6) is 0 Å². The van der Waals surface area contributed by atoms with Crippen LogP contribution in [0, 0.1) is 0 Å². The average Bonchev–Trinajstić information content (AvgIpc) is 2.60. The van der Waals surface area contributed by atoms with E-state index in [0.717, 1.165) is 4.31 Å². The molecule has 24 heavy (non-hydrogen) atoms. The fourth-order valence-corrected chi connectivity index (χ4v) is 4.54. The maximum atomic E-state index is 12.8. The molecule has 8 nitrogen and oxygen atoms in total. The van der Waals surface area contributed by atoms with Crippen molar-refractivity contribution in [3.05, 3.63) is 30.3 Å². The van der Waals surface area contributed by atoms with Crippen molar-refractivity contribution in [2.24, 2.45) is 0 Å². The molecule has 1 aliphatic rings. The molecule has 1 atom stereocenters. The van der Waals surface area contributed by atoms with E-state index in [1.807, 2.05) is 4.83 Å². The van der Waals surface area contributed by atoms with Crippen molar-refractivity contribution in [2.75, 3.05) is 12.3 Å². The number of benzene rings is 1. The van der Waals surface area contributed by atoms with E-state index in [9.17, 15) is 21.6 Å². The molecule has 2 N–H and O–H groups in total. The second-order valence-corrected chi connectivity index (χ2v) is 9.34. The van der Waals surface area contributed by atoms with Crippen molar-refractivity contribution in [3.63, 3.8) is 0 Å². The lowest BCUT2D eigenvalue weighted by molar-refractivity contribution is -0.126. The Morgan fingerprint density at radius 3 is 2.46 bits per heavy atom. The molecule has 1 fully saturated rings. The standard InChI is InChI=1S/C14H21N3O5S2/c1-2-23(19,20)16-15-14(18)13-10-6-7-11-17(13)24(21,22)12-8-4-3-5-9-12/h3-5,8-9,13,16H,2,6-7,10-11H2,1H3,(H,15,18). The van der Waals surface area contributed by atoms with Gasteiger partial charge in [-0.05, 0) is 31.9 Å². The lowest BCUT2D eigenvalue weighted by Gasteiger charge is -2.33. The minimum atomic E-state index is -3.82. The van der Waals surface area contributed by atoms with Crippen LogP contribution in [0.15, 0.2) is 35.2 Å². The highest BCUT2D eigenvalue weighted by Crippen LogP contribution is 2.25. The number of hydrogen-bond donors (Lipinski definition) is 2. The van der Waals surface area contributed by atoms with Crippen molar-refractivity contribution < 1.29 is 21.6 Å². The van der Waals surface area contributed by atoms with Crippen LogP contribution in [0.2, 0.25) is 0 Å². The van der Waals surface area contributed by atoms with E-state index in [1.165, 1.54) is 19.1 Å². The van der Waals surface area contributed by atoms with Gasteiger partial charge in [0.15, 0.2) is 0 Å². The topological polar surface area (TPSA) is 113 Å². The molecule has 1 aliphatic heterocycles. The number of sulfonamides is 2. The Labute approximate surface area is 142 Å². The van der Waals surface area contributed by atoms with Crippen LogP contribution >= 0.6 is 0 Å². The number of rotatable bonds is 6. The van der Waals surface area contributed by atoms with Gasteiger partial charge in [0.05, 0.1) is 10.6 Å². The molecule has 1 heterocycles. The van der Waals surface area contributed by atoms with Gasteiger partial charge in [-0.1, -0.05) is 24.6 Å². The Bertz CT molecular complexity index is 778. The summed E-state index contributed by atoms with van der Waals surface area (Å²) in [5.74, 6) is -0.865. The predicted octanol–water partition coefficient (Wildman–Crippen LogP) is 0.200. The number of carbonyl (C=O) groups excluding carboxylic acids is 1. The fourth-order valence-electron chi connectivity index (χ4n) is 2.47. The zero-order valence-electron chi connectivity index (χ0n) is 13.3. The largest absolute Gasteiger partial charge is 0.277 e. The van der Waals surface area contributed by atoms with E-state index in [0.29, 0.717) is 19.3 Å². The molecule has 0 spiro atoms. The molecule has 1 saturated heterocycles. The smallest absolute Gasteiger partial charge is 0.253 e. The highest BCUT2D eigenvalue weighted by atomic mass is 32.2. The third-order valence-corrected chi connectivity index (χ3v) is 6.91. The van der Waals surface area contributed by atoms with Gasteiger partial charge in [0.2, 0.25) is 20.0 Å². The first-order chi connectivity index (χ1) is 11.3. The van der Waals surface area contributed by atoms with Gasteiger partial charge in [0.1, 0.15) is 6.04 Å². The number of hydrogen-bond acceptors (Lipinski definition) is 5. The molecule has 10 heteroatoms. The molecule has 0 saturated carbocycles. The third-order valence-electron chi connectivity index (χ3n) is 3.82. The van der Waals surface area contributed by atoms with E-state index >= 15 is 0 Å². The lowest BCUT2D eigenvalue weighted by Crippen LogP contribution is -2.55. The summed E-state index contributed by atoms with van der Waals surface area (Å²) in [6.07, 6.45) is 1.68. The summed E-state index contributed by atoms with van der Waals surface area (Å²) >= 11 is 0. The fraction of sp³-hybridized carbons (Fsp3) is 0.500. The summed E-state index contributed by atoms with van der Waals surface area (Å²) in [6.45, 7) is 1.65. The highest BCUT2D eigenvalue weighted by Gasteiger charge is 2.37. The first-order valence-electron chi connectivity index (χ1n) is 7.64. The van der Waals surface area contributed by atoms with Crippen LogP contribution < -0.4 is 10.3 Å². The molecule has 0 aromatic heterocycles. The van der Waals surface area contributed by atoms with Crippen molar-refractivity contribution in [1.29, 1.82) is 0 Å². The van der Waals surface area contributed by atoms with Gasteiger partial charge < -0.3 is 0 Å². The second-order valence-electron chi connectivity index (χ2n) is 5.44.